The maximum Gasteiger partial charge on any atom is 0.300 e. The zero-order chi connectivity index (χ0) is 25.3. The van der Waals surface area contributed by atoms with Gasteiger partial charge in [-0.3, -0.25) is 14.5 Å². The van der Waals surface area contributed by atoms with Gasteiger partial charge in [-0.2, -0.15) is 0 Å². The highest BCUT2D eigenvalue weighted by Crippen LogP contribution is 2.46. The van der Waals surface area contributed by atoms with Crippen molar-refractivity contribution in [2.75, 3.05) is 18.6 Å². The van der Waals surface area contributed by atoms with Crippen LogP contribution in [0.1, 0.15) is 29.7 Å². The molecule has 1 heterocycles. The number of carbonyl (C=O) groups is 2. The van der Waals surface area contributed by atoms with Crippen molar-refractivity contribution in [2.24, 2.45) is 0 Å². The van der Waals surface area contributed by atoms with Gasteiger partial charge < -0.3 is 19.7 Å². The van der Waals surface area contributed by atoms with E-state index in [1.54, 1.807) is 48.5 Å². The molecule has 1 atom stereocenters. The molecule has 1 saturated heterocycles. The van der Waals surface area contributed by atoms with Crippen LogP contribution >= 0.6 is 11.6 Å². The lowest BCUT2D eigenvalue weighted by Gasteiger charge is -2.26. The normalized spacial score (nSPS) is 17.0. The fourth-order valence-electron chi connectivity index (χ4n) is 4.18. The highest BCUT2D eigenvalue weighted by molar-refractivity contribution is 6.51. The Hall–Kier alpha value is -3.97. The van der Waals surface area contributed by atoms with Crippen LogP contribution in [0.5, 0.6) is 17.2 Å². The smallest absolute Gasteiger partial charge is 0.300 e. The summed E-state index contributed by atoms with van der Waals surface area (Å²) in [6.07, 6.45) is 0. The van der Waals surface area contributed by atoms with Crippen molar-refractivity contribution < 1.29 is 29.3 Å². The number of benzene rings is 3. The van der Waals surface area contributed by atoms with E-state index in [1.807, 2.05) is 13.8 Å². The topological polar surface area (TPSA) is 96.3 Å². The van der Waals surface area contributed by atoms with Crippen molar-refractivity contribution in [1.29, 1.82) is 0 Å². The van der Waals surface area contributed by atoms with E-state index < -0.39 is 17.7 Å². The first kappa shape index (κ1) is 24.2. The van der Waals surface area contributed by atoms with Crippen molar-refractivity contribution in [2.45, 2.75) is 19.9 Å². The minimum absolute atomic E-state index is 0.0186. The number of aliphatic hydroxyl groups is 1. The average Bonchev–Trinajstić information content (AvgIpc) is 3.12. The SMILES string of the molecule is CCOc1ccc(/C(O)=C2\C(=O)C(=O)N(c3ccccc3)C2c2cc(Cl)c(O)c(OC)c2)cc1C. The fourth-order valence-corrected chi connectivity index (χ4v) is 4.40. The van der Waals surface area contributed by atoms with Crippen LogP contribution in [0.4, 0.5) is 5.69 Å². The summed E-state index contributed by atoms with van der Waals surface area (Å²) < 4.78 is 10.8. The Morgan fingerprint density at radius 2 is 1.77 bits per heavy atom. The second-order valence-electron chi connectivity index (χ2n) is 7.97. The van der Waals surface area contributed by atoms with Gasteiger partial charge in [-0.05, 0) is 67.4 Å². The third kappa shape index (κ3) is 4.31. The summed E-state index contributed by atoms with van der Waals surface area (Å²) in [4.78, 5) is 27.8. The predicted octanol–water partition coefficient (Wildman–Crippen LogP) is 5.39. The van der Waals surface area contributed by atoms with Gasteiger partial charge >= 0.3 is 0 Å². The van der Waals surface area contributed by atoms with Crippen molar-refractivity contribution in [3.8, 4) is 17.2 Å². The number of rotatable bonds is 6. The number of methoxy groups -OCH3 is 1. The molecule has 1 aliphatic rings. The Balaban J connectivity index is 1.96. The zero-order valence-corrected chi connectivity index (χ0v) is 20.2. The Kier molecular flexibility index (Phi) is 6.71. The Morgan fingerprint density at radius 3 is 2.40 bits per heavy atom. The lowest BCUT2D eigenvalue weighted by atomic mass is 9.94. The molecule has 0 bridgehead atoms. The first-order chi connectivity index (χ1) is 16.8. The van der Waals surface area contributed by atoms with Gasteiger partial charge in [0.1, 0.15) is 11.5 Å². The molecule has 8 heteroatoms. The van der Waals surface area contributed by atoms with E-state index in [4.69, 9.17) is 21.1 Å². The first-order valence-electron chi connectivity index (χ1n) is 10.9. The number of hydrogen-bond donors (Lipinski definition) is 2. The van der Waals surface area contributed by atoms with E-state index in [1.165, 1.54) is 24.1 Å². The number of carbonyl (C=O) groups excluding carboxylic acids is 2. The minimum Gasteiger partial charge on any atom is -0.507 e. The van der Waals surface area contributed by atoms with Crippen LogP contribution in [0.15, 0.2) is 66.2 Å². The largest absolute Gasteiger partial charge is 0.507 e. The van der Waals surface area contributed by atoms with Gasteiger partial charge in [0.15, 0.2) is 11.5 Å². The number of aliphatic hydroxyl groups excluding tert-OH is 1. The van der Waals surface area contributed by atoms with Gasteiger partial charge in [0, 0.05) is 11.3 Å². The molecule has 35 heavy (non-hydrogen) atoms. The van der Waals surface area contributed by atoms with Gasteiger partial charge in [0.05, 0.1) is 30.4 Å². The summed E-state index contributed by atoms with van der Waals surface area (Å²) in [5.41, 5.74) is 1.87. The molecule has 3 aromatic carbocycles. The number of Topliss-reactive ketones (excluding diaryl/α,β-unsaturated/α-hetero) is 1. The van der Waals surface area contributed by atoms with Crippen LogP contribution in [0.25, 0.3) is 5.76 Å². The average molecular weight is 494 g/mol. The standard InChI is InChI=1S/C27H24ClNO6/c1-4-35-20-11-10-16(12-15(20)2)24(30)22-23(17-13-19(28)25(31)21(14-17)34-3)29(27(33)26(22)32)18-8-6-5-7-9-18/h5-14,23,30-31H,4H2,1-3H3/b24-22+. The van der Waals surface area contributed by atoms with Crippen LogP contribution in [0.3, 0.4) is 0 Å². The number of halogens is 1. The van der Waals surface area contributed by atoms with Crippen molar-refractivity contribution in [3.05, 3.63) is 87.9 Å². The summed E-state index contributed by atoms with van der Waals surface area (Å²) in [6.45, 7) is 4.18. The Bertz CT molecular complexity index is 1330. The summed E-state index contributed by atoms with van der Waals surface area (Å²) in [7, 11) is 1.37. The highest BCUT2D eigenvalue weighted by Gasteiger charge is 2.47. The third-order valence-electron chi connectivity index (χ3n) is 5.81. The van der Waals surface area contributed by atoms with Gasteiger partial charge in [-0.25, -0.2) is 0 Å². The summed E-state index contributed by atoms with van der Waals surface area (Å²) in [5.74, 6) is -1.51. The molecule has 1 fully saturated rings. The molecule has 0 saturated carbocycles. The second-order valence-corrected chi connectivity index (χ2v) is 8.38. The molecule has 0 aliphatic carbocycles. The molecule has 1 unspecified atom stereocenters. The lowest BCUT2D eigenvalue weighted by molar-refractivity contribution is -0.132. The second kappa shape index (κ2) is 9.72. The maximum absolute atomic E-state index is 13.3. The van der Waals surface area contributed by atoms with Crippen LogP contribution in [0, 0.1) is 6.92 Å². The number of hydrogen-bond acceptors (Lipinski definition) is 6. The van der Waals surface area contributed by atoms with E-state index >= 15 is 0 Å². The zero-order valence-electron chi connectivity index (χ0n) is 19.4. The number of phenols is 1. The van der Waals surface area contributed by atoms with E-state index in [9.17, 15) is 19.8 Å². The van der Waals surface area contributed by atoms with E-state index in [0.717, 1.165) is 5.56 Å². The summed E-state index contributed by atoms with van der Waals surface area (Å²) in [5, 5.41) is 21.5. The van der Waals surface area contributed by atoms with Crippen molar-refractivity contribution >= 4 is 34.7 Å². The number of para-hydroxylation sites is 1. The summed E-state index contributed by atoms with van der Waals surface area (Å²) in [6, 6.07) is 15.6. The molecule has 0 aromatic heterocycles. The number of ether oxygens (including phenoxy) is 2. The number of phenolic OH excluding ortho intramolecular Hbond substituents is 1. The number of amides is 1. The third-order valence-corrected chi connectivity index (χ3v) is 6.10. The predicted molar refractivity (Wildman–Crippen MR) is 133 cm³/mol. The number of aryl methyl sites for hydroxylation is 1. The maximum atomic E-state index is 13.3. The summed E-state index contributed by atoms with van der Waals surface area (Å²) >= 11 is 6.24. The molecular formula is C27H24ClNO6. The molecule has 0 spiro atoms. The van der Waals surface area contributed by atoms with Gasteiger partial charge in [-0.15, -0.1) is 0 Å². The Morgan fingerprint density at radius 1 is 1.06 bits per heavy atom. The van der Waals surface area contributed by atoms with Crippen molar-refractivity contribution in [3.63, 3.8) is 0 Å². The first-order valence-corrected chi connectivity index (χ1v) is 11.3. The molecule has 3 aromatic rings. The molecule has 1 amide bonds. The van der Waals surface area contributed by atoms with Crippen LogP contribution in [0.2, 0.25) is 5.02 Å². The minimum atomic E-state index is -1.02. The van der Waals surface area contributed by atoms with E-state index in [2.05, 4.69) is 0 Å². The number of aromatic hydroxyl groups is 1. The molecule has 4 rings (SSSR count). The van der Waals surface area contributed by atoms with Gasteiger partial charge in [0.25, 0.3) is 11.7 Å². The molecule has 180 valence electrons. The van der Waals surface area contributed by atoms with Crippen LogP contribution in [-0.4, -0.2) is 35.6 Å². The lowest BCUT2D eigenvalue weighted by Crippen LogP contribution is -2.29. The van der Waals surface area contributed by atoms with Crippen LogP contribution in [-0.2, 0) is 9.59 Å². The molecule has 0 radical (unpaired) electrons. The fraction of sp³-hybridized carbons (Fsp3) is 0.185. The number of nitrogens with zero attached hydrogens (tertiary/aromatic N) is 1. The van der Waals surface area contributed by atoms with Gasteiger partial charge in [-0.1, -0.05) is 29.8 Å². The van der Waals surface area contributed by atoms with Crippen LogP contribution < -0.4 is 14.4 Å². The molecular weight excluding hydrogens is 470 g/mol. The number of anilines is 1. The van der Waals surface area contributed by atoms with Crippen molar-refractivity contribution in [1.82, 2.24) is 0 Å². The molecule has 7 nitrogen and oxygen atoms in total. The van der Waals surface area contributed by atoms with E-state index in [0.29, 0.717) is 29.2 Å². The highest BCUT2D eigenvalue weighted by atomic mass is 35.5. The quantitative estimate of drug-likeness (QED) is 0.271. The number of ketones is 1. The van der Waals surface area contributed by atoms with Gasteiger partial charge in [0.2, 0.25) is 0 Å². The Labute approximate surface area is 207 Å². The molecule has 2 N–H and O–H groups in total. The molecule has 1 aliphatic heterocycles. The van der Waals surface area contributed by atoms with E-state index in [-0.39, 0.29) is 27.9 Å². The monoisotopic (exact) mass is 493 g/mol.